The molecule has 0 unspecified atom stereocenters. The summed E-state index contributed by atoms with van der Waals surface area (Å²) < 4.78 is 0. The maximum atomic E-state index is 13.5. The molecule has 0 fully saturated rings. The Kier molecular flexibility index (Phi) is 6.61. The van der Waals surface area contributed by atoms with E-state index < -0.39 is 0 Å². The molecule has 2 aliphatic rings. The van der Waals surface area contributed by atoms with E-state index in [9.17, 15) is 14.4 Å². The van der Waals surface area contributed by atoms with E-state index in [0.717, 1.165) is 22.4 Å². The fourth-order valence-electron chi connectivity index (χ4n) is 4.60. The van der Waals surface area contributed by atoms with Gasteiger partial charge in [-0.3, -0.25) is 14.4 Å². The number of rotatable bonds is 4. The van der Waals surface area contributed by atoms with Crippen LogP contribution in [0, 0.1) is 6.92 Å². The SMILES string of the molecule is Cc1ccc2c(c1)CN(C(=O)c1ccc(Cl)cc1)CC(=O)N2Cc1ccc(C(=O)N2CC=CC2)cc1. The highest BCUT2D eigenvalue weighted by Gasteiger charge is 2.29. The van der Waals surface area contributed by atoms with Crippen molar-refractivity contribution in [3.63, 3.8) is 0 Å². The van der Waals surface area contributed by atoms with E-state index in [4.69, 9.17) is 11.6 Å². The van der Waals surface area contributed by atoms with Crippen LogP contribution in [0.5, 0.6) is 0 Å². The predicted molar refractivity (Wildman–Crippen MR) is 140 cm³/mol. The number of hydrogen-bond acceptors (Lipinski definition) is 3. The summed E-state index contributed by atoms with van der Waals surface area (Å²) in [6.45, 7) is 3.90. The second kappa shape index (κ2) is 9.99. The van der Waals surface area contributed by atoms with Crippen LogP contribution in [0.3, 0.4) is 0 Å². The summed E-state index contributed by atoms with van der Waals surface area (Å²) in [6.07, 6.45) is 3.97. The Labute approximate surface area is 215 Å². The number of amides is 3. The van der Waals surface area contributed by atoms with Gasteiger partial charge in [-0.2, -0.15) is 0 Å². The maximum absolute atomic E-state index is 13.5. The van der Waals surface area contributed by atoms with Crippen molar-refractivity contribution in [2.24, 2.45) is 0 Å². The van der Waals surface area contributed by atoms with E-state index in [1.54, 1.807) is 39.0 Å². The van der Waals surface area contributed by atoms with Crippen LogP contribution in [0.2, 0.25) is 5.02 Å². The molecule has 182 valence electrons. The van der Waals surface area contributed by atoms with Crippen LogP contribution in [0.1, 0.15) is 37.4 Å². The first-order valence-electron chi connectivity index (χ1n) is 11.9. The molecule has 0 N–H and O–H groups in total. The summed E-state index contributed by atoms with van der Waals surface area (Å²) in [5.41, 5.74) is 4.78. The van der Waals surface area contributed by atoms with Crippen molar-refractivity contribution in [3.05, 3.63) is 112 Å². The normalized spacial score (nSPS) is 15.2. The smallest absolute Gasteiger partial charge is 0.254 e. The van der Waals surface area contributed by atoms with Gasteiger partial charge in [-0.25, -0.2) is 0 Å². The van der Waals surface area contributed by atoms with Crippen LogP contribution in [0.4, 0.5) is 5.69 Å². The number of aryl methyl sites for hydroxylation is 1. The highest BCUT2D eigenvalue weighted by atomic mass is 35.5. The molecule has 0 radical (unpaired) electrons. The molecule has 3 aromatic rings. The second-order valence-electron chi connectivity index (χ2n) is 9.16. The van der Waals surface area contributed by atoms with Gasteiger partial charge in [-0.1, -0.05) is 53.6 Å². The summed E-state index contributed by atoms with van der Waals surface area (Å²) in [5, 5.41) is 0.551. The number of carbonyl (C=O) groups is 3. The number of benzene rings is 3. The van der Waals surface area contributed by atoms with Crippen LogP contribution in [-0.4, -0.2) is 47.2 Å². The quantitative estimate of drug-likeness (QED) is 0.482. The molecule has 3 aromatic carbocycles. The topological polar surface area (TPSA) is 60.9 Å². The molecule has 6 nitrogen and oxygen atoms in total. The summed E-state index contributed by atoms with van der Waals surface area (Å²) >= 11 is 5.98. The van der Waals surface area contributed by atoms with Gasteiger partial charge in [0, 0.05) is 41.5 Å². The molecule has 5 rings (SSSR count). The van der Waals surface area contributed by atoms with Crippen LogP contribution in [0.25, 0.3) is 0 Å². The number of carbonyl (C=O) groups excluding carboxylic acids is 3. The van der Waals surface area contributed by atoms with Gasteiger partial charge < -0.3 is 14.7 Å². The van der Waals surface area contributed by atoms with Gasteiger partial charge in [0.05, 0.1) is 6.54 Å². The first-order chi connectivity index (χ1) is 17.4. The molecule has 0 aliphatic carbocycles. The van der Waals surface area contributed by atoms with Crippen molar-refractivity contribution >= 4 is 35.0 Å². The third-order valence-electron chi connectivity index (χ3n) is 6.54. The molecule has 0 atom stereocenters. The minimum absolute atomic E-state index is 0.00502. The van der Waals surface area contributed by atoms with E-state index in [1.807, 2.05) is 61.5 Å². The Hall–Kier alpha value is -3.90. The van der Waals surface area contributed by atoms with Crippen molar-refractivity contribution in [1.82, 2.24) is 9.80 Å². The van der Waals surface area contributed by atoms with Crippen LogP contribution in [0.15, 0.2) is 78.9 Å². The number of hydrogen-bond donors (Lipinski definition) is 0. The summed E-state index contributed by atoms with van der Waals surface area (Å²) in [6, 6.07) is 20.0. The zero-order valence-corrected chi connectivity index (χ0v) is 20.7. The molecule has 0 spiro atoms. The minimum Gasteiger partial charge on any atom is -0.331 e. The third-order valence-corrected chi connectivity index (χ3v) is 6.79. The molecule has 2 aliphatic heterocycles. The molecule has 36 heavy (non-hydrogen) atoms. The van der Waals surface area contributed by atoms with Crippen molar-refractivity contribution in [1.29, 1.82) is 0 Å². The van der Waals surface area contributed by atoms with Crippen LogP contribution >= 0.6 is 11.6 Å². The second-order valence-corrected chi connectivity index (χ2v) is 9.60. The summed E-state index contributed by atoms with van der Waals surface area (Å²) in [7, 11) is 0. The number of halogens is 1. The zero-order chi connectivity index (χ0) is 25.2. The van der Waals surface area contributed by atoms with Gasteiger partial charge in [0.25, 0.3) is 11.8 Å². The lowest BCUT2D eigenvalue weighted by Crippen LogP contribution is -2.39. The van der Waals surface area contributed by atoms with Crippen molar-refractivity contribution in [3.8, 4) is 0 Å². The highest BCUT2D eigenvalue weighted by molar-refractivity contribution is 6.30. The molecular weight excluding hydrogens is 474 g/mol. The van der Waals surface area contributed by atoms with Crippen LogP contribution in [-0.2, 0) is 17.9 Å². The molecule has 0 saturated carbocycles. The van der Waals surface area contributed by atoms with E-state index in [-0.39, 0.29) is 24.3 Å². The van der Waals surface area contributed by atoms with E-state index in [1.165, 1.54) is 0 Å². The van der Waals surface area contributed by atoms with E-state index in [2.05, 4.69) is 0 Å². The minimum atomic E-state index is -0.214. The lowest BCUT2D eigenvalue weighted by Gasteiger charge is -2.23. The Morgan fingerprint density at radius 3 is 2.08 bits per heavy atom. The fraction of sp³-hybridized carbons (Fsp3) is 0.207. The van der Waals surface area contributed by atoms with E-state index >= 15 is 0 Å². The molecule has 0 aromatic heterocycles. The fourth-order valence-corrected chi connectivity index (χ4v) is 4.73. The highest BCUT2D eigenvalue weighted by Crippen LogP contribution is 2.29. The van der Waals surface area contributed by atoms with E-state index in [0.29, 0.717) is 42.3 Å². The standard InChI is InChI=1S/C29H26ClN3O3/c1-20-4-13-26-24(16-20)18-32(29(36)23-9-11-25(30)12-10-23)19-27(34)33(26)17-21-5-7-22(8-6-21)28(35)31-14-2-3-15-31/h2-13,16H,14-15,17-19H2,1H3. The summed E-state index contributed by atoms with van der Waals surface area (Å²) in [5.74, 6) is -0.383. The molecular formula is C29H26ClN3O3. The monoisotopic (exact) mass is 499 g/mol. The first-order valence-corrected chi connectivity index (χ1v) is 12.2. The Morgan fingerprint density at radius 2 is 1.42 bits per heavy atom. The number of anilines is 1. The first kappa shape index (κ1) is 23.8. The van der Waals surface area contributed by atoms with Gasteiger partial charge in [0.2, 0.25) is 5.91 Å². The Morgan fingerprint density at radius 1 is 0.806 bits per heavy atom. The Balaban J connectivity index is 1.39. The molecule has 0 bridgehead atoms. The van der Waals surface area contributed by atoms with Crippen molar-refractivity contribution in [2.45, 2.75) is 20.0 Å². The third kappa shape index (κ3) is 4.90. The van der Waals surface area contributed by atoms with Gasteiger partial charge in [-0.15, -0.1) is 0 Å². The molecule has 7 heteroatoms. The van der Waals surface area contributed by atoms with Gasteiger partial charge >= 0.3 is 0 Å². The molecule has 0 saturated heterocycles. The predicted octanol–water partition coefficient (Wildman–Crippen LogP) is 4.85. The van der Waals surface area contributed by atoms with Gasteiger partial charge in [0.15, 0.2) is 0 Å². The van der Waals surface area contributed by atoms with Crippen LogP contribution < -0.4 is 4.90 Å². The van der Waals surface area contributed by atoms with Gasteiger partial charge in [0.1, 0.15) is 6.54 Å². The molecule has 3 amide bonds. The lowest BCUT2D eigenvalue weighted by molar-refractivity contribution is -0.119. The summed E-state index contributed by atoms with van der Waals surface area (Å²) in [4.78, 5) is 44.4. The van der Waals surface area contributed by atoms with Gasteiger partial charge in [-0.05, 0) is 60.5 Å². The average molecular weight is 500 g/mol. The average Bonchev–Trinajstić information content (AvgIpc) is 3.38. The van der Waals surface area contributed by atoms with Crippen molar-refractivity contribution < 1.29 is 14.4 Å². The Bertz CT molecular complexity index is 1340. The number of fused-ring (bicyclic) bond motifs is 1. The van der Waals surface area contributed by atoms with Crippen molar-refractivity contribution in [2.75, 3.05) is 24.5 Å². The largest absolute Gasteiger partial charge is 0.331 e. The number of nitrogens with zero attached hydrogens (tertiary/aromatic N) is 3. The lowest BCUT2D eigenvalue weighted by atomic mass is 10.1. The zero-order valence-electron chi connectivity index (χ0n) is 20.0. The maximum Gasteiger partial charge on any atom is 0.254 e. The molecule has 2 heterocycles.